The summed E-state index contributed by atoms with van der Waals surface area (Å²) in [6, 6.07) is 0. The van der Waals surface area contributed by atoms with Crippen LogP contribution in [0.1, 0.15) is 34.6 Å². The molecule has 0 aromatic carbocycles. The Morgan fingerprint density at radius 2 is 2.25 bits per heavy atom. The molecule has 130 valence electrons. The first kappa shape index (κ1) is 16.5. The third kappa shape index (κ3) is 3.02. The number of amides is 1. The van der Waals surface area contributed by atoms with E-state index in [4.69, 9.17) is 0 Å². The highest BCUT2D eigenvalue weighted by Crippen LogP contribution is 2.36. The second kappa shape index (κ2) is 5.95. The van der Waals surface area contributed by atoms with E-state index in [1.54, 1.807) is 17.9 Å². The number of aromatic amines is 1. The lowest BCUT2D eigenvalue weighted by atomic mass is 9.85. The van der Waals surface area contributed by atoms with Crippen LogP contribution in [0, 0.1) is 12.8 Å². The van der Waals surface area contributed by atoms with Gasteiger partial charge in [0.2, 0.25) is 5.91 Å². The third-order valence-electron chi connectivity index (χ3n) is 4.58. The molecule has 1 amide bonds. The van der Waals surface area contributed by atoms with Crippen LogP contribution in [0.5, 0.6) is 0 Å². The summed E-state index contributed by atoms with van der Waals surface area (Å²) in [6.07, 6.45) is -1.88. The molecule has 0 bridgehead atoms. The Morgan fingerprint density at radius 1 is 1.50 bits per heavy atom. The van der Waals surface area contributed by atoms with Crippen molar-refractivity contribution in [3.63, 3.8) is 0 Å². The van der Waals surface area contributed by atoms with Crippen LogP contribution in [0.2, 0.25) is 0 Å². The fourth-order valence-corrected chi connectivity index (χ4v) is 3.00. The molecule has 9 heteroatoms. The first-order valence-corrected chi connectivity index (χ1v) is 7.66. The summed E-state index contributed by atoms with van der Waals surface area (Å²) in [5.41, 5.74) is 1.52. The van der Waals surface area contributed by atoms with Crippen molar-refractivity contribution in [1.29, 1.82) is 0 Å². The molecule has 2 heterocycles. The zero-order chi connectivity index (χ0) is 17.5. The van der Waals surface area contributed by atoms with Gasteiger partial charge in [0.15, 0.2) is 5.69 Å². The highest BCUT2D eigenvalue weighted by atomic mass is 19.4. The van der Waals surface area contributed by atoms with Gasteiger partial charge in [-0.25, -0.2) is 0 Å². The van der Waals surface area contributed by atoms with Gasteiger partial charge in [-0.2, -0.15) is 23.4 Å². The number of halogens is 3. The fraction of sp³-hybridized carbons (Fsp3) is 0.533. The van der Waals surface area contributed by atoms with Crippen LogP contribution in [0.3, 0.4) is 0 Å². The molecule has 0 saturated carbocycles. The number of hydrogen-bond donors (Lipinski definition) is 2. The average Bonchev–Trinajstić information content (AvgIpc) is 3.09. The van der Waals surface area contributed by atoms with Crippen molar-refractivity contribution < 1.29 is 18.0 Å². The molecule has 0 aliphatic heterocycles. The van der Waals surface area contributed by atoms with Crippen LogP contribution in [0.15, 0.2) is 6.20 Å². The number of alkyl halides is 3. The van der Waals surface area contributed by atoms with Crippen molar-refractivity contribution in [2.24, 2.45) is 13.0 Å². The van der Waals surface area contributed by atoms with Crippen molar-refractivity contribution in [1.82, 2.24) is 25.3 Å². The molecule has 0 radical (unpaired) electrons. The normalized spacial score (nSPS) is 17.6. The highest BCUT2D eigenvalue weighted by Gasteiger charge is 2.40. The van der Waals surface area contributed by atoms with Crippen LogP contribution in [0.4, 0.5) is 13.2 Å². The Bertz CT molecular complexity index is 762. The van der Waals surface area contributed by atoms with E-state index in [1.807, 2.05) is 6.92 Å². The Hall–Kier alpha value is -2.32. The van der Waals surface area contributed by atoms with Crippen LogP contribution >= 0.6 is 0 Å². The van der Waals surface area contributed by atoms with E-state index in [2.05, 4.69) is 20.6 Å². The van der Waals surface area contributed by atoms with Gasteiger partial charge < -0.3 is 5.32 Å². The first-order valence-electron chi connectivity index (χ1n) is 7.66. The van der Waals surface area contributed by atoms with Crippen LogP contribution in [-0.4, -0.2) is 25.9 Å². The SMILES string of the molecule is Cc1c(CNC(=O)[C@@H]2CCc3[nH]nc(C(F)(F)F)c3C2)cnn1C. The lowest BCUT2D eigenvalue weighted by molar-refractivity contribution is -0.142. The summed E-state index contributed by atoms with van der Waals surface area (Å²) in [6.45, 7) is 2.21. The molecule has 2 N–H and O–H groups in total. The van der Waals surface area contributed by atoms with Gasteiger partial charge in [-0.15, -0.1) is 0 Å². The standard InChI is InChI=1S/C15H18F3N5O/c1-8-10(7-20-23(8)2)6-19-14(24)9-3-4-12-11(5-9)13(22-21-12)15(16,17)18/h7,9H,3-6H2,1-2H3,(H,19,24)(H,21,22)/t9-/m1/s1. The molecule has 0 spiro atoms. The minimum Gasteiger partial charge on any atom is -0.352 e. The number of aryl methyl sites for hydroxylation is 2. The van der Waals surface area contributed by atoms with E-state index in [1.165, 1.54) is 0 Å². The largest absolute Gasteiger partial charge is 0.435 e. The van der Waals surface area contributed by atoms with Crippen molar-refractivity contribution in [2.75, 3.05) is 0 Å². The van der Waals surface area contributed by atoms with Gasteiger partial charge in [-0.3, -0.25) is 14.6 Å². The quantitative estimate of drug-likeness (QED) is 0.895. The highest BCUT2D eigenvalue weighted by molar-refractivity contribution is 5.79. The van der Waals surface area contributed by atoms with Crippen molar-refractivity contribution in [3.05, 3.63) is 34.4 Å². The van der Waals surface area contributed by atoms with E-state index in [-0.39, 0.29) is 17.9 Å². The van der Waals surface area contributed by atoms with Crippen molar-refractivity contribution in [2.45, 2.75) is 38.9 Å². The number of nitrogens with one attached hydrogen (secondary N) is 2. The van der Waals surface area contributed by atoms with Crippen molar-refractivity contribution in [3.8, 4) is 0 Å². The zero-order valence-electron chi connectivity index (χ0n) is 13.4. The van der Waals surface area contributed by atoms with Gasteiger partial charge in [0.05, 0.1) is 6.20 Å². The number of carbonyl (C=O) groups is 1. The second-order valence-electron chi connectivity index (χ2n) is 6.06. The molecule has 2 aromatic heterocycles. The minimum absolute atomic E-state index is 0.0541. The van der Waals surface area contributed by atoms with Gasteiger partial charge in [-0.1, -0.05) is 0 Å². The summed E-state index contributed by atoms with van der Waals surface area (Å²) in [5, 5.41) is 12.7. The average molecular weight is 341 g/mol. The number of aromatic nitrogens is 4. The fourth-order valence-electron chi connectivity index (χ4n) is 3.00. The summed E-state index contributed by atoms with van der Waals surface area (Å²) in [4.78, 5) is 12.3. The molecule has 1 aliphatic rings. The Morgan fingerprint density at radius 3 is 2.88 bits per heavy atom. The molecule has 0 unspecified atom stereocenters. The van der Waals surface area contributed by atoms with Gasteiger partial charge in [0, 0.05) is 42.0 Å². The maximum absolute atomic E-state index is 13.0. The molecule has 1 aliphatic carbocycles. The number of H-pyrrole nitrogens is 1. The molecule has 0 saturated heterocycles. The summed E-state index contributed by atoms with van der Waals surface area (Å²) in [7, 11) is 1.81. The predicted molar refractivity (Wildman–Crippen MR) is 78.9 cm³/mol. The minimum atomic E-state index is -4.50. The van der Waals surface area contributed by atoms with Crippen molar-refractivity contribution >= 4 is 5.91 Å². The smallest absolute Gasteiger partial charge is 0.352 e. The number of carbonyl (C=O) groups excluding carboxylic acids is 1. The molecule has 0 fully saturated rings. The van der Waals surface area contributed by atoms with E-state index >= 15 is 0 Å². The molecule has 1 atom stereocenters. The number of hydrogen-bond acceptors (Lipinski definition) is 3. The van der Waals surface area contributed by atoms with E-state index in [0.717, 1.165) is 11.3 Å². The number of fused-ring (bicyclic) bond motifs is 1. The Kier molecular flexibility index (Phi) is 4.10. The maximum atomic E-state index is 13.0. The van der Waals surface area contributed by atoms with Crippen LogP contribution < -0.4 is 5.32 Å². The lowest BCUT2D eigenvalue weighted by Crippen LogP contribution is -2.34. The second-order valence-corrected chi connectivity index (χ2v) is 6.06. The van der Waals surface area contributed by atoms with E-state index in [0.29, 0.717) is 25.1 Å². The Labute approximate surface area is 136 Å². The lowest BCUT2D eigenvalue weighted by Gasteiger charge is -2.22. The molecule has 3 rings (SSSR count). The maximum Gasteiger partial charge on any atom is 0.435 e. The molecule has 6 nitrogen and oxygen atoms in total. The van der Waals surface area contributed by atoms with Gasteiger partial charge in [-0.05, 0) is 26.2 Å². The third-order valence-corrected chi connectivity index (χ3v) is 4.58. The van der Waals surface area contributed by atoms with Crippen LogP contribution in [0.25, 0.3) is 0 Å². The molecule has 2 aromatic rings. The van der Waals surface area contributed by atoms with E-state index in [9.17, 15) is 18.0 Å². The summed E-state index contributed by atoms with van der Waals surface area (Å²) < 4.78 is 40.6. The number of rotatable bonds is 3. The van der Waals surface area contributed by atoms with Gasteiger partial charge in [0.25, 0.3) is 0 Å². The summed E-state index contributed by atoms with van der Waals surface area (Å²) >= 11 is 0. The Balaban J connectivity index is 1.67. The van der Waals surface area contributed by atoms with E-state index < -0.39 is 17.8 Å². The number of nitrogens with zero attached hydrogens (tertiary/aromatic N) is 3. The van der Waals surface area contributed by atoms with Gasteiger partial charge >= 0.3 is 6.18 Å². The van der Waals surface area contributed by atoms with Gasteiger partial charge in [0.1, 0.15) is 0 Å². The van der Waals surface area contributed by atoms with Crippen LogP contribution in [-0.2, 0) is 37.4 Å². The monoisotopic (exact) mass is 341 g/mol. The summed E-state index contributed by atoms with van der Waals surface area (Å²) in [5.74, 6) is -0.716. The predicted octanol–water partition coefficient (Wildman–Crippen LogP) is 1.89. The topological polar surface area (TPSA) is 75.6 Å². The first-order chi connectivity index (χ1) is 11.3. The molecule has 24 heavy (non-hydrogen) atoms. The molecular weight excluding hydrogens is 323 g/mol. The molecular formula is C15H18F3N5O. The zero-order valence-corrected chi connectivity index (χ0v) is 13.4.